The van der Waals surface area contributed by atoms with Crippen LogP contribution in [0, 0.1) is 0 Å². The molecule has 38 heavy (non-hydrogen) atoms. The number of ketones is 1. The molecule has 1 atom stereocenters. The van der Waals surface area contributed by atoms with Crippen molar-refractivity contribution in [3.8, 4) is 0 Å². The molecule has 2 heterocycles. The molecule has 8 nitrogen and oxygen atoms in total. The molecular weight excluding hydrogens is 524 g/mol. The fourth-order valence-electron chi connectivity index (χ4n) is 3.96. The summed E-state index contributed by atoms with van der Waals surface area (Å²) in [5.41, 5.74) is 3.62. The summed E-state index contributed by atoms with van der Waals surface area (Å²) in [6, 6.07) is 14.7. The Balaban J connectivity index is 1.37. The van der Waals surface area contributed by atoms with Gasteiger partial charge in [0.1, 0.15) is 4.83 Å². The van der Waals surface area contributed by atoms with Gasteiger partial charge in [0.2, 0.25) is 0 Å². The number of thiophene rings is 1. The van der Waals surface area contributed by atoms with Crippen LogP contribution in [0.1, 0.15) is 56.6 Å². The molecule has 1 N–H and O–H groups in total. The Morgan fingerprint density at radius 3 is 2.55 bits per heavy atom. The Morgan fingerprint density at radius 1 is 1.05 bits per heavy atom. The normalized spacial score (nSPS) is 11.9. The van der Waals surface area contributed by atoms with Crippen LogP contribution < -0.4 is 5.56 Å². The number of Topliss-reactive ketones (excluding diaryl/α,β-unsaturated/α-hetero) is 1. The van der Waals surface area contributed by atoms with Crippen molar-refractivity contribution < 1.29 is 23.3 Å². The fourth-order valence-corrected chi connectivity index (χ4v) is 5.54. The second-order valence-electron chi connectivity index (χ2n) is 8.73. The number of nitrogens with zero attached hydrogens (tertiary/aromatic N) is 1. The molecule has 0 aliphatic carbocycles. The van der Waals surface area contributed by atoms with Gasteiger partial charge in [0.05, 0.1) is 30.8 Å². The van der Waals surface area contributed by atoms with Crippen LogP contribution in [-0.4, -0.2) is 38.8 Å². The standard InChI is InChI=1S/C28H28N2O6S2/c1-3-36-28(33)21-10-7-19(8-11-21)14-35-15-22-16-37-27-24(22)26(32)29-25(30-27)23(31)12-9-18-5-4-6-20(13-18)17-38(2)34/h4-8,10-11,13,16H,3,9,12,14-15,17H2,1-2H3,(H,29,30,32). The third kappa shape index (κ3) is 7.09. The third-order valence-corrected chi connectivity index (χ3v) is 7.44. The van der Waals surface area contributed by atoms with E-state index in [2.05, 4.69) is 9.97 Å². The Kier molecular flexibility index (Phi) is 9.33. The molecule has 1 unspecified atom stereocenters. The summed E-state index contributed by atoms with van der Waals surface area (Å²) in [5, 5.41) is 2.23. The Labute approximate surface area is 226 Å². The number of fused-ring (bicyclic) bond motifs is 1. The van der Waals surface area contributed by atoms with Gasteiger partial charge in [-0.25, -0.2) is 9.78 Å². The average molecular weight is 553 g/mol. The zero-order valence-corrected chi connectivity index (χ0v) is 22.8. The van der Waals surface area contributed by atoms with Crippen LogP contribution in [0.4, 0.5) is 0 Å². The van der Waals surface area contributed by atoms with E-state index in [0.717, 1.165) is 16.7 Å². The molecule has 0 spiro atoms. The number of nitrogens with one attached hydrogen (secondary N) is 1. The number of benzene rings is 2. The van der Waals surface area contributed by atoms with E-state index < -0.39 is 10.8 Å². The molecule has 0 radical (unpaired) electrons. The fraction of sp³-hybridized carbons (Fsp3) is 0.286. The van der Waals surface area contributed by atoms with E-state index in [1.165, 1.54) is 11.3 Å². The monoisotopic (exact) mass is 552 g/mol. The number of carbonyl (C=O) groups is 2. The van der Waals surface area contributed by atoms with Crippen LogP contribution >= 0.6 is 11.3 Å². The van der Waals surface area contributed by atoms with Gasteiger partial charge in [-0.15, -0.1) is 11.3 Å². The van der Waals surface area contributed by atoms with E-state index in [4.69, 9.17) is 9.47 Å². The topological polar surface area (TPSA) is 115 Å². The average Bonchev–Trinajstić information content (AvgIpc) is 3.31. The first-order chi connectivity index (χ1) is 18.3. The van der Waals surface area contributed by atoms with Crippen molar-refractivity contribution in [3.63, 3.8) is 0 Å². The van der Waals surface area contributed by atoms with Crippen molar-refractivity contribution in [2.75, 3.05) is 12.9 Å². The minimum absolute atomic E-state index is 0.0457. The highest BCUT2D eigenvalue weighted by Gasteiger charge is 2.16. The summed E-state index contributed by atoms with van der Waals surface area (Å²) in [6.45, 7) is 2.59. The molecule has 198 valence electrons. The summed E-state index contributed by atoms with van der Waals surface area (Å²) >= 11 is 1.29. The van der Waals surface area contributed by atoms with E-state index in [1.807, 2.05) is 29.6 Å². The number of rotatable bonds is 12. The van der Waals surface area contributed by atoms with Crippen LogP contribution in [0.3, 0.4) is 0 Å². The number of hydrogen-bond acceptors (Lipinski definition) is 8. The quantitative estimate of drug-likeness (QED) is 0.202. The molecule has 0 aliphatic heterocycles. The van der Waals surface area contributed by atoms with Crippen LogP contribution in [0.15, 0.2) is 58.7 Å². The zero-order valence-electron chi connectivity index (χ0n) is 21.2. The van der Waals surface area contributed by atoms with Crippen molar-refractivity contribution in [1.29, 1.82) is 0 Å². The second-order valence-corrected chi connectivity index (χ2v) is 11.0. The lowest BCUT2D eigenvalue weighted by molar-refractivity contribution is 0.0526. The van der Waals surface area contributed by atoms with Crippen LogP contribution in [0.2, 0.25) is 0 Å². The predicted octanol–water partition coefficient (Wildman–Crippen LogP) is 4.57. The Hall–Kier alpha value is -3.47. The first-order valence-electron chi connectivity index (χ1n) is 12.1. The van der Waals surface area contributed by atoms with E-state index >= 15 is 0 Å². The maximum Gasteiger partial charge on any atom is 0.338 e. The van der Waals surface area contributed by atoms with Gasteiger partial charge in [0.15, 0.2) is 11.6 Å². The number of esters is 1. The van der Waals surface area contributed by atoms with E-state index in [9.17, 15) is 18.6 Å². The SMILES string of the molecule is CCOC(=O)c1ccc(COCc2csc3nc(C(=O)CCc4cccc(CS(C)=O)c4)[nH]c(=O)c23)cc1. The number of hydrogen-bond donors (Lipinski definition) is 1. The predicted molar refractivity (Wildman–Crippen MR) is 148 cm³/mol. The molecule has 0 aliphatic rings. The summed E-state index contributed by atoms with van der Waals surface area (Å²) in [5.74, 6) is -0.0935. The molecule has 0 saturated carbocycles. The van der Waals surface area contributed by atoms with Crippen LogP contribution in [0.25, 0.3) is 10.2 Å². The van der Waals surface area contributed by atoms with Gasteiger partial charge in [-0.2, -0.15) is 0 Å². The molecule has 4 rings (SSSR count). The lowest BCUT2D eigenvalue weighted by atomic mass is 10.1. The molecule has 2 aromatic carbocycles. The van der Waals surface area contributed by atoms with E-state index in [-0.39, 0.29) is 36.2 Å². The first-order valence-corrected chi connectivity index (χ1v) is 14.7. The third-order valence-electron chi connectivity index (χ3n) is 5.78. The second kappa shape index (κ2) is 12.9. The van der Waals surface area contributed by atoms with Crippen molar-refractivity contribution >= 4 is 44.1 Å². The Morgan fingerprint density at radius 2 is 1.82 bits per heavy atom. The van der Waals surface area contributed by atoms with Gasteiger partial charge in [0, 0.05) is 34.8 Å². The highest BCUT2D eigenvalue weighted by Crippen LogP contribution is 2.23. The lowest BCUT2D eigenvalue weighted by Crippen LogP contribution is -2.16. The molecule has 10 heteroatoms. The maximum atomic E-state index is 12.8. The maximum absolute atomic E-state index is 12.8. The molecule has 2 aromatic heterocycles. The van der Waals surface area contributed by atoms with Gasteiger partial charge < -0.3 is 14.5 Å². The number of ether oxygens (including phenoxy) is 2. The van der Waals surface area contributed by atoms with Gasteiger partial charge in [0.25, 0.3) is 5.56 Å². The smallest absolute Gasteiger partial charge is 0.338 e. The molecular formula is C28H28N2O6S2. The zero-order chi connectivity index (χ0) is 27.1. The summed E-state index contributed by atoms with van der Waals surface area (Å²) in [4.78, 5) is 44.9. The van der Waals surface area contributed by atoms with Gasteiger partial charge in [-0.1, -0.05) is 36.4 Å². The minimum atomic E-state index is -0.937. The molecule has 0 fully saturated rings. The number of carbonyl (C=O) groups excluding carboxylic acids is 2. The lowest BCUT2D eigenvalue weighted by Gasteiger charge is -2.06. The van der Waals surface area contributed by atoms with Crippen molar-refractivity contribution in [1.82, 2.24) is 9.97 Å². The summed E-state index contributed by atoms with van der Waals surface area (Å²) in [6.07, 6.45) is 2.35. The minimum Gasteiger partial charge on any atom is -0.462 e. The van der Waals surface area contributed by atoms with Crippen molar-refractivity contribution in [2.24, 2.45) is 0 Å². The van der Waals surface area contributed by atoms with Crippen LogP contribution in [-0.2, 0) is 45.7 Å². The van der Waals surface area contributed by atoms with Crippen molar-refractivity contribution in [3.05, 3.63) is 97.9 Å². The molecule has 0 amide bonds. The Bertz CT molecular complexity index is 1520. The number of H-pyrrole nitrogens is 1. The van der Waals surface area contributed by atoms with Gasteiger partial charge >= 0.3 is 5.97 Å². The number of aromatic amines is 1. The summed E-state index contributed by atoms with van der Waals surface area (Å²) < 4.78 is 22.3. The molecule has 4 aromatic rings. The van der Waals surface area contributed by atoms with Gasteiger partial charge in [-0.05, 0) is 47.5 Å². The van der Waals surface area contributed by atoms with Crippen molar-refractivity contribution in [2.45, 2.75) is 38.7 Å². The highest BCUT2D eigenvalue weighted by atomic mass is 32.2. The highest BCUT2D eigenvalue weighted by molar-refractivity contribution is 7.83. The summed E-state index contributed by atoms with van der Waals surface area (Å²) in [7, 11) is -0.937. The molecule has 0 bridgehead atoms. The number of aromatic nitrogens is 2. The first kappa shape index (κ1) is 27.6. The molecule has 0 saturated heterocycles. The number of aryl methyl sites for hydroxylation is 1. The van der Waals surface area contributed by atoms with E-state index in [1.54, 1.807) is 37.4 Å². The largest absolute Gasteiger partial charge is 0.462 e. The van der Waals surface area contributed by atoms with Crippen LogP contribution in [0.5, 0.6) is 0 Å². The van der Waals surface area contributed by atoms with Gasteiger partial charge in [-0.3, -0.25) is 13.8 Å². The van der Waals surface area contributed by atoms with E-state index in [0.29, 0.717) is 46.7 Å².